The van der Waals surface area contributed by atoms with E-state index in [4.69, 9.17) is 16.0 Å². The third-order valence-corrected chi connectivity index (χ3v) is 4.27. The van der Waals surface area contributed by atoms with Crippen molar-refractivity contribution in [2.75, 3.05) is 13.1 Å². The monoisotopic (exact) mass is 397 g/mol. The van der Waals surface area contributed by atoms with Crippen LogP contribution in [0.15, 0.2) is 65.2 Å². The Kier molecular flexibility index (Phi) is 6.81. The third kappa shape index (κ3) is 5.69. The van der Waals surface area contributed by atoms with Gasteiger partial charge in [0, 0.05) is 42.1 Å². The molecule has 0 saturated heterocycles. The lowest BCUT2D eigenvalue weighted by Crippen LogP contribution is -2.34. The van der Waals surface area contributed by atoms with Gasteiger partial charge in [0.1, 0.15) is 0 Å². The SMILES string of the molecule is O=C(CCc1ncc(-c2ccc(Cl)cc2)o1)NCCNC(=O)c1ccccc1. The van der Waals surface area contributed by atoms with E-state index in [9.17, 15) is 9.59 Å². The number of nitrogens with one attached hydrogen (secondary N) is 2. The first-order chi connectivity index (χ1) is 13.6. The lowest BCUT2D eigenvalue weighted by molar-refractivity contribution is -0.121. The Hall–Kier alpha value is -3.12. The van der Waals surface area contributed by atoms with Gasteiger partial charge in [-0.1, -0.05) is 29.8 Å². The summed E-state index contributed by atoms with van der Waals surface area (Å²) in [7, 11) is 0. The zero-order valence-corrected chi connectivity index (χ0v) is 15.9. The van der Waals surface area contributed by atoms with Gasteiger partial charge in [0.2, 0.25) is 5.91 Å². The highest BCUT2D eigenvalue weighted by Crippen LogP contribution is 2.22. The number of halogens is 1. The number of amides is 2. The maximum Gasteiger partial charge on any atom is 0.251 e. The average molecular weight is 398 g/mol. The summed E-state index contributed by atoms with van der Waals surface area (Å²) in [6.45, 7) is 0.720. The summed E-state index contributed by atoms with van der Waals surface area (Å²) in [6.07, 6.45) is 2.29. The maximum atomic E-state index is 11.9. The zero-order valence-electron chi connectivity index (χ0n) is 15.2. The fraction of sp³-hybridized carbons (Fsp3) is 0.190. The first-order valence-electron chi connectivity index (χ1n) is 8.92. The van der Waals surface area contributed by atoms with Gasteiger partial charge in [-0.05, 0) is 36.4 Å². The second-order valence-corrected chi connectivity index (χ2v) is 6.53. The van der Waals surface area contributed by atoms with Crippen LogP contribution >= 0.6 is 11.6 Å². The van der Waals surface area contributed by atoms with Crippen molar-refractivity contribution in [3.63, 3.8) is 0 Å². The van der Waals surface area contributed by atoms with E-state index in [0.29, 0.717) is 41.7 Å². The van der Waals surface area contributed by atoms with E-state index in [1.807, 2.05) is 18.2 Å². The lowest BCUT2D eigenvalue weighted by atomic mass is 10.2. The van der Waals surface area contributed by atoms with Crippen molar-refractivity contribution < 1.29 is 14.0 Å². The van der Waals surface area contributed by atoms with Gasteiger partial charge in [-0.15, -0.1) is 0 Å². The van der Waals surface area contributed by atoms with E-state index in [-0.39, 0.29) is 18.2 Å². The number of hydrogen-bond acceptors (Lipinski definition) is 4. The summed E-state index contributed by atoms with van der Waals surface area (Å²) in [5, 5.41) is 6.18. The first kappa shape index (κ1) is 19.6. The molecular formula is C21H20ClN3O3. The van der Waals surface area contributed by atoms with Crippen molar-refractivity contribution >= 4 is 23.4 Å². The van der Waals surface area contributed by atoms with Crippen LogP contribution in [0.3, 0.4) is 0 Å². The molecule has 3 aromatic rings. The van der Waals surface area contributed by atoms with Crippen molar-refractivity contribution in [2.45, 2.75) is 12.8 Å². The van der Waals surface area contributed by atoms with Gasteiger partial charge < -0.3 is 15.1 Å². The topological polar surface area (TPSA) is 84.2 Å². The molecule has 0 atom stereocenters. The molecule has 7 heteroatoms. The molecule has 3 rings (SSSR count). The number of carbonyl (C=O) groups excluding carboxylic acids is 2. The maximum absolute atomic E-state index is 11.9. The fourth-order valence-corrected chi connectivity index (χ4v) is 2.68. The molecule has 2 aromatic carbocycles. The van der Waals surface area contributed by atoms with Crippen LogP contribution in [0.25, 0.3) is 11.3 Å². The van der Waals surface area contributed by atoms with Gasteiger partial charge in [0.25, 0.3) is 5.91 Å². The number of aryl methyl sites for hydroxylation is 1. The second kappa shape index (κ2) is 9.71. The molecule has 1 aromatic heterocycles. The molecular weight excluding hydrogens is 378 g/mol. The van der Waals surface area contributed by atoms with Crippen molar-refractivity contribution in [1.82, 2.24) is 15.6 Å². The molecule has 0 aliphatic heterocycles. The van der Waals surface area contributed by atoms with Crippen molar-refractivity contribution in [3.8, 4) is 11.3 Å². The van der Waals surface area contributed by atoms with Crippen molar-refractivity contribution in [3.05, 3.63) is 77.3 Å². The summed E-state index contributed by atoms with van der Waals surface area (Å²) < 4.78 is 5.67. The van der Waals surface area contributed by atoms with Crippen LogP contribution in [0, 0.1) is 0 Å². The van der Waals surface area contributed by atoms with Gasteiger partial charge in [-0.3, -0.25) is 9.59 Å². The summed E-state index contributed by atoms with van der Waals surface area (Å²) in [4.78, 5) is 28.0. The summed E-state index contributed by atoms with van der Waals surface area (Å²) >= 11 is 5.88. The number of benzene rings is 2. The highest BCUT2D eigenvalue weighted by Gasteiger charge is 2.09. The number of carbonyl (C=O) groups is 2. The van der Waals surface area contributed by atoms with Crippen LogP contribution < -0.4 is 10.6 Å². The molecule has 1 heterocycles. The third-order valence-electron chi connectivity index (χ3n) is 4.02. The van der Waals surface area contributed by atoms with Crippen molar-refractivity contribution in [1.29, 1.82) is 0 Å². The Labute approximate surface area is 167 Å². The van der Waals surface area contributed by atoms with Gasteiger partial charge >= 0.3 is 0 Å². The number of oxazole rings is 1. The second-order valence-electron chi connectivity index (χ2n) is 6.10. The summed E-state index contributed by atoms with van der Waals surface area (Å²) in [6, 6.07) is 16.2. The summed E-state index contributed by atoms with van der Waals surface area (Å²) in [5.74, 6) is 0.845. The van der Waals surface area contributed by atoms with E-state index in [1.54, 1.807) is 42.6 Å². The predicted octanol–water partition coefficient (Wildman–Crippen LogP) is 3.47. The van der Waals surface area contributed by atoms with Crippen LogP contribution in [0.4, 0.5) is 0 Å². The quantitative estimate of drug-likeness (QED) is 0.570. The lowest BCUT2D eigenvalue weighted by Gasteiger charge is -2.06. The van der Waals surface area contributed by atoms with E-state index in [2.05, 4.69) is 15.6 Å². The molecule has 0 aliphatic carbocycles. The average Bonchev–Trinajstić information content (AvgIpc) is 3.20. The van der Waals surface area contributed by atoms with Crippen LogP contribution in [0.2, 0.25) is 5.02 Å². The minimum Gasteiger partial charge on any atom is -0.441 e. The number of aromatic nitrogens is 1. The molecule has 28 heavy (non-hydrogen) atoms. The Morgan fingerprint density at radius 2 is 1.68 bits per heavy atom. The van der Waals surface area contributed by atoms with E-state index in [1.165, 1.54) is 0 Å². The van der Waals surface area contributed by atoms with Gasteiger partial charge in [-0.25, -0.2) is 4.98 Å². The van der Waals surface area contributed by atoms with Crippen LogP contribution in [-0.4, -0.2) is 29.9 Å². The minimum atomic E-state index is -0.163. The Balaban J connectivity index is 1.37. The normalized spacial score (nSPS) is 10.5. The molecule has 0 bridgehead atoms. The highest BCUT2D eigenvalue weighted by molar-refractivity contribution is 6.30. The number of nitrogens with zero attached hydrogens (tertiary/aromatic N) is 1. The van der Waals surface area contributed by atoms with Gasteiger partial charge in [0.15, 0.2) is 11.7 Å². The standard InChI is InChI=1S/C21H20ClN3O3/c22-17-8-6-15(7-9-17)18-14-25-20(28-18)11-10-19(26)23-12-13-24-21(27)16-4-2-1-3-5-16/h1-9,14H,10-13H2,(H,23,26)(H,24,27). The number of rotatable bonds is 8. The van der Waals surface area contributed by atoms with Crippen LogP contribution in [-0.2, 0) is 11.2 Å². The Bertz CT molecular complexity index is 924. The Morgan fingerprint density at radius 1 is 0.964 bits per heavy atom. The molecule has 6 nitrogen and oxygen atoms in total. The first-order valence-corrected chi connectivity index (χ1v) is 9.30. The molecule has 0 aliphatic rings. The molecule has 2 amide bonds. The van der Waals surface area contributed by atoms with Crippen LogP contribution in [0.1, 0.15) is 22.7 Å². The van der Waals surface area contributed by atoms with Gasteiger partial charge in [0.05, 0.1) is 6.20 Å². The van der Waals surface area contributed by atoms with Crippen molar-refractivity contribution in [2.24, 2.45) is 0 Å². The molecule has 0 spiro atoms. The largest absolute Gasteiger partial charge is 0.441 e. The molecule has 0 saturated carbocycles. The van der Waals surface area contributed by atoms with Gasteiger partial charge in [-0.2, -0.15) is 0 Å². The molecule has 0 fully saturated rings. The van der Waals surface area contributed by atoms with E-state index < -0.39 is 0 Å². The fourth-order valence-electron chi connectivity index (χ4n) is 2.55. The smallest absolute Gasteiger partial charge is 0.251 e. The van der Waals surface area contributed by atoms with E-state index in [0.717, 1.165) is 5.56 Å². The summed E-state index contributed by atoms with van der Waals surface area (Å²) in [5.41, 5.74) is 1.47. The van der Waals surface area contributed by atoms with E-state index >= 15 is 0 Å². The Morgan fingerprint density at radius 3 is 2.43 bits per heavy atom. The highest BCUT2D eigenvalue weighted by atomic mass is 35.5. The predicted molar refractivity (Wildman–Crippen MR) is 107 cm³/mol. The van der Waals surface area contributed by atoms with Crippen LogP contribution in [0.5, 0.6) is 0 Å². The zero-order chi connectivity index (χ0) is 19.8. The molecule has 0 radical (unpaired) electrons. The molecule has 2 N–H and O–H groups in total. The number of hydrogen-bond donors (Lipinski definition) is 2. The minimum absolute atomic E-state index is 0.125. The molecule has 144 valence electrons. The molecule has 0 unspecified atom stereocenters.